The van der Waals surface area contributed by atoms with Crippen molar-refractivity contribution in [3.63, 3.8) is 0 Å². The molecule has 0 radical (unpaired) electrons. The second-order valence-corrected chi connectivity index (χ2v) is 3.18. The number of allylic oxidation sites excluding steroid dienone is 1. The third kappa shape index (κ3) is 1.71. The third-order valence-corrected chi connectivity index (χ3v) is 2.25. The van der Waals surface area contributed by atoms with Gasteiger partial charge in [-0.25, -0.2) is 0 Å². The molecule has 1 aliphatic rings. The first kappa shape index (κ1) is 9.77. The number of Topliss-reactive ketones (excluding diaryl/α,β-unsaturated/α-hetero) is 1. The molecule has 1 aliphatic heterocycles. The van der Waals surface area contributed by atoms with Crippen LogP contribution < -0.4 is 5.32 Å². The fourth-order valence-electron chi connectivity index (χ4n) is 1.16. The number of hydrogen-bond donors (Lipinski definition) is 2. The standard InChI is InChI=1S/C9H13NO3/c1-3-5(2)8(12)7-6(11)4-10-9(7)13/h5,12H,3-4H2,1-2H3,(H,10,13). The Bertz CT molecular complexity index is 263. The van der Waals surface area contributed by atoms with E-state index in [9.17, 15) is 14.7 Å². The molecule has 1 saturated heterocycles. The SMILES string of the molecule is CCC(C)C(O)=C1C(=O)CNC1=O. The van der Waals surface area contributed by atoms with Crippen LogP contribution in [-0.4, -0.2) is 23.3 Å². The molecular formula is C9H13NO3. The van der Waals surface area contributed by atoms with Crippen LogP contribution in [0.15, 0.2) is 11.3 Å². The van der Waals surface area contributed by atoms with Crippen molar-refractivity contribution in [3.05, 3.63) is 11.3 Å². The summed E-state index contributed by atoms with van der Waals surface area (Å²) in [6, 6.07) is 0. The normalized spacial score (nSPS) is 22.9. The van der Waals surface area contributed by atoms with Gasteiger partial charge in [0.2, 0.25) is 0 Å². The summed E-state index contributed by atoms with van der Waals surface area (Å²) in [5.41, 5.74) is -0.0608. The summed E-state index contributed by atoms with van der Waals surface area (Å²) in [4.78, 5) is 22.2. The van der Waals surface area contributed by atoms with Gasteiger partial charge in [-0.2, -0.15) is 0 Å². The van der Waals surface area contributed by atoms with Crippen LogP contribution in [0.3, 0.4) is 0 Å². The second kappa shape index (κ2) is 3.60. The van der Waals surface area contributed by atoms with E-state index in [0.717, 1.165) is 0 Å². The molecule has 1 heterocycles. The van der Waals surface area contributed by atoms with Crippen LogP contribution in [0.2, 0.25) is 0 Å². The largest absolute Gasteiger partial charge is 0.511 e. The average Bonchev–Trinajstić information content (AvgIpc) is 2.44. The Balaban J connectivity index is 3.01. The fraction of sp³-hybridized carbons (Fsp3) is 0.556. The van der Waals surface area contributed by atoms with Crippen LogP contribution in [0, 0.1) is 5.92 Å². The van der Waals surface area contributed by atoms with E-state index >= 15 is 0 Å². The lowest BCUT2D eigenvalue weighted by Crippen LogP contribution is -2.16. The third-order valence-electron chi connectivity index (χ3n) is 2.25. The Hall–Kier alpha value is -1.32. The number of aliphatic hydroxyl groups excluding tert-OH is 1. The molecule has 1 unspecified atom stereocenters. The van der Waals surface area contributed by atoms with Gasteiger partial charge in [0, 0.05) is 5.92 Å². The van der Waals surface area contributed by atoms with Gasteiger partial charge in [-0.15, -0.1) is 0 Å². The Morgan fingerprint density at radius 3 is 2.62 bits per heavy atom. The zero-order chi connectivity index (χ0) is 10.0. The van der Waals surface area contributed by atoms with Gasteiger partial charge < -0.3 is 10.4 Å². The van der Waals surface area contributed by atoms with Crippen molar-refractivity contribution >= 4 is 11.7 Å². The van der Waals surface area contributed by atoms with E-state index in [1.54, 1.807) is 6.92 Å². The lowest BCUT2D eigenvalue weighted by Gasteiger charge is -2.08. The first-order chi connectivity index (χ1) is 6.07. The summed E-state index contributed by atoms with van der Waals surface area (Å²) in [6.45, 7) is 3.68. The molecule has 2 N–H and O–H groups in total. The highest BCUT2D eigenvalue weighted by atomic mass is 16.3. The first-order valence-corrected chi connectivity index (χ1v) is 4.32. The number of amides is 1. The van der Waals surface area contributed by atoms with Crippen molar-refractivity contribution in [1.82, 2.24) is 5.32 Å². The van der Waals surface area contributed by atoms with E-state index in [1.165, 1.54) is 0 Å². The van der Waals surface area contributed by atoms with Crippen molar-refractivity contribution in [2.75, 3.05) is 6.54 Å². The van der Waals surface area contributed by atoms with Crippen molar-refractivity contribution in [2.45, 2.75) is 20.3 Å². The minimum absolute atomic E-state index is 0.00859. The van der Waals surface area contributed by atoms with Crippen molar-refractivity contribution in [2.24, 2.45) is 5.92 Å². The number of nitrogens with one attached hydrogen (secondary N) is 1. The number of aliphatic hydroxyl groups is 1. The summed E-state index contributed by atoms with van der Waals surface area (Å²) in [5.74, 6) is -0.990. The zero-order valence-electron chi connectivity index (χ0n) is 7.76. The molecule has 0 saturated carbocycles. The molecule has 13 heavy (non-hydrogen) atoms. The van der Waals surface area contributed by atoms with Gasteiger partial charge in [-0.1, -0.05) is 13.8 Å². The Labute approximate surface area is 76.6 Å². The molecule has 0 bridgehead atoms. The highest BCUT2D eigenvalue weighted by molar-refractivity contribution is 6.25. The van der Waals surface area contributed by atoms with Crippen molar-refractivity contribution in [1.29, 1.82) is 0 Å². The molecule has 0 aromatic heterocycles. The van der Waals surface area contributed by atoms with E-state index in [1.807, 2.05) is 6.92 Å². The lowest BCUT2D eigenvalue weighted by molar-refractivity contribution is -0.117. The molecule has 0 aromatic carbocycles. The molecule has 1 rings (SSSR count). The van der Waals surface area contributed by atoms with Crippen molar-refractivity contribution in [3.8, 4) is 0 Å². The Morgan fingerprint density at radius 1 is 1.62 bits per heavy atom. The average molecular weight is 183 g/mol. The van der Waals surface area contributed by atoms with Crippen LogP contribution in [0.5, 0.6) is 0 Å². The molecule has 4 nitrogen and oxygen atoms in total. The molecule has 0 aromatic rings. The van der Waals surface area contributed by atoms with Gasteiger partial charge in [-0.05, 0) is 6.42 Å². The lowest BCUT2D eigenvalue weighted by atomic mass is 10.0. The maximum absolute atomic E-state index is 11.1. The summed E-state index contributed by atoms with van der Waals surface area (Å²) in [5, 5.41) is 11.9. The molecule has 1 atom stereocenters. The monoisotopic (exact) mass is 183 g/mol. The zero-order valence-corrected chi connectivity index (χ0v) is 7.76. The topological polar surface area (TPSA) is 66.4 Å². The smallest absolute Gasteiger partial charge is 0.258 e. The Morgan fingerprint density at radius 2 is 2.23 bits per heavy atom. The predicted octanol–water partition coefficient (Wildman–Crippen LogP) is 0.544. The molecular weight excluding hydrogens is 170 g/mol. The van der Waals surface area contributed by atoms with Gasteiger partial charge in [0.05, 0.1) is 6.54 Å². The maximum atomic E-state index is 11.1. The number of rotatable bonds is 2. The number of carbonyl (C=O) groups excluding carboxylic acids is 2. The highest BCUT2D eigenvalue weighted by Crippen LogP contribution is 2.18. The van der Waals surface area contributed by atoms with Crippen LogP contribution in [-0.2, 0) is 9.59 Å². The van der Waals surface area contributed by atoms with Crippen LogP contribution in [0.4, 0.5) is 0 Å². The molecule has 1 amide bonds. The van der Waals surface area contributed by atoms with E-state index < -0.39 is 5.91 Å². The first-order valence-electron chi connectivity index (χ1n) is 4.32. The van der Waals surface area contributed by atoms with Crippen LogP contribution in [0.1, 0.15) is 20.3 Å². The highest BCUT2D eigenvalue weighted by Gasteiger charge is 2.30. The predicted molar refractivity (Wildman–Crippen MR) is 47.1 cm³/mol. The van der Waals surface area contributed by atoms with Gasteiger partial charge in [0.1, 0.15) is 11.3 Å². The summed E-state index contributed by atoms with van der Waals surface area (Å²) >= 11 is 0. The summed E-state index contributed by atoms with van der Waals surface area (Å²) in [6.07, 6.45) is 0.704. The van der Waals surface area contributed by atoms with Crippen LogP contribution in [0.25, 0.3) is 0 Å². The van der Waals surface area contributed by atoms with E-state index in [-0.39, 0.29) is 29.6 Å². The van der Waals surface area contributed by atoms with Gasteiger partial charge in [0.15, 0.2) is 5.78 Å². The van der Waals surface area contributed by atoms with Gasteiger partial charge in [0.25, 0.3) is 5.91 Å². The van der Waals surface area contributed by atoms with Gasteiger partial charge in [-0.3, -0.25) is 9.59 Å². The van der Waals surface area contributed by atoms with E-state index in [4.69, 9.17) is 0 Å². The summed E-state index contributed by atoms with van der Waals surface area (Å²) in [7, 11) is 0. The number of hydrogen-bond acceptors (Lipinski definition) is 3. The molecule has 72 valence electrons. The number of ketones is 1. The minimum atomic E-state index is -0.456. The molecule has 0 aliphatic carbocycles. The Kier molecular flexibility index (Phi) is 2.70. The molecule has 4 heteroatoms. The minimum Gasteiger partial charge on any atom is -0.511 e. The number of carbonyl (C=O) groups is 2. The van der Waals surface area contributed by atoms with E-state index in [2.05, 4.69) is 5.32 Å². The van der Waals surface area contributed by atoms with Crippen LogP contribution >= 0.6 is 0 Å². The van der Waals surface area contributed by atoms with Gasteiger partial charge >= 0.3 is 0 Å². The second-order valence-electron chi connectivity index (χ2n) is 3.18. The molecule has 0 spiro atoms. The maximum Gasteiger partial charge on any atom is 0.258 e. The summed E-state index contributed by atoms with van der Waals surface area (Å²) < 4.78 is 0. The van der Waals surface area contributed by atoms with E-state index in [0.29, 0.717) is 6.42 Å². The quantitative estimate of drug-likeness (QED) is 0.373. The fourth-order valence-corrected chi connectivity index (χ4v) is 1.16. The molecule has 1 fully saturated rings. The van der Waals surface area contributed by atoms with Crippen molar-refractivity contribution < 1.29 is 14.7 Å².